The van der Waals surface area contributed by atoms with Crippen molar-refractivity contribution in [3.8, 4) is 28.4 Å². The second-order valence-electron chi connectivity index (χ2n) is 6.48. The van der Waals surface area contributed by atoms with E-state index in [1.54, 1.807) is 12.1 Å². The summed E-state index contributed by atoms with van der Waals surface area (Å²) in [6, 6.07) is 20.2. The predicted molar refractivity (Wildman–Crippen MR) is 117 cm³/mol. The summed E-state index contributed by atoms with van der Waals surface area (Å²) >= 11 is 0. The Morgan fingerprint density at radius 2 is 1.35 bits per heavy atom. The Morgan fingerprint density at radius 1 is 0.774 bits per heavy atom. The van der Waals surface area contributed by atoms with Gasteiger partial charge in [0, 0.05) is 5.69 Å². The molecule has 0 aliphatic heterocycles. The molecule has 0 bridgehead atoms. The number of carbonyl (C=O) groups excluding carboxylic acids is 2. The molecule has 0 unspecified atom stereocenters. The van der Waals surface area contributed by atoms with Crippen LogP contribution in [0.3, 0.4) is 0 Å². The van der Waals surface area contributed by atoms with Gasteiger partial charge in [-0.15, -0.1) is 0 Å². The summed E-state index contributed by atoms with van der Waals surface area (Å²) in [4.78, 5) is 24.6. The van der Waals surface area contributed by atoms with Gasteiger partial charge in [-0.2, -0.15) is 0 Å². The quantitative estimate of drug-likeness (QED) is 0.550. The van der Waals surface area contributed by atoms with E-state index < -0.39 is 18.5 Å². The van der Waals surface area contributed by atoms with E-state index in [-0.39, 0.29) is 5.56 Å². The van der Waals surface area contributed by atoms with Crippen LogP contribution in [0.4, 0.5) is 5.69 Å². The van der Waals surface area contributed by atoms with Gasteiger partial charge >= 0.3 is 5.97 Å². The van der Waals surface area contributed by atoms with Crippen LogP contribution in [-0.4, -0.2) is 39.8 Å². The fraction of sp³-hybridized carbons (Fsp3) is 0.167. The lowest BCUT2D eigenvalue weighted by atomic mass is 10.1. The zero-order valence-corrected chi connectivity index (χ0v) is 17.5. The number of hydrogen-bond acceptors (Lipinski definition) is 6. The lowest BCUT2D eigenvalue weighted by Crippen LogP contribution is -2.21. The summed E-state index contributed by atoms with van der Waals surface area (Å²) in [5.41, 5.74) is 2.90. The van der Waals surface area contributed by atoms with Crippen LogP contribution >= 0.6 is 0 Å². The normalized spacial score (nSPS) is 10.2. The number of esters is 1. The number of rotatable bonds is 8. The molecule has 0 fully saturated rings. The Balaban J connectivity index is 1.60. The minimum absolute atomic E-state index is 0.175. The van der Waals surface area contributed by atoms with E-state index in [1.807, 2.05) is 42.5 Å². The van der Waals surface area contributed by atoms with Crippen molar-refractivity contribution < 1.29 is 28.5 Å². The Hall–Kier alpha value is -4.00. The first-order valence-corrected chi connectivity index (χ1v) is 9.48. The van der Waals surface area contributed by atoms with E-state index in [2.05, 4.69) is 5.32 Å². The molecule has 0 saturated heterocycles. The molecule has 160 valence electrons. The van der Waals surface area contributed by atoms with Gasteiger partial charge in [-0.3, -0.25) is 4.79 Å². The highest BCUT2D eigenvalue weighted by molar-refractivity contribution is 5.96. The van der Waals surface area contributed by atoms with Gasteiger partial charge in [-0.25, -0.2) is 4.79 Å². The number of carbonyl (C=O) groups is 2. The van der Waals surface area contributed by atoms with Gasteiger partial charge in [-0.05, 0) is 35.4 Å². The molecule has 3 aromatic rings. The van der Waals surface area contributed by atoms with Crippen LogP contribution in [0.1, 0.15) is 10.4 Å². The number of anilines is 1. The van der Waals surface area contributed by atoms with Crippen LogP contribution in [-0.2, 0) is 9.53 Å². The van der Waals surface area contributed by atoms with E-state index in [0.29, 0.717) is 22.9 Å². The maximum atomic E-state index is 12.4. The molecule has 0 saturated carbocycles. The minimum Gasteiger partial charge on any atom is -0.493 e. The summed E-state index contributed by atoms with van der Waals surface area (Å²) in [5, 5.41) is 2.71. The second kappa shape index (κ2) is 10.2. The standard InChI is InChI=1S/C24H23NO6/c1-28-20-13-18(14-21(29-2)23(20)30-3)24(27)31-15-22(26)25-19-11-9-17(10-12-19)16-7-5-4-6-8-16/h4-14H,15H2,1-3H3,(H,25,26). The number of amides is 1. The van der Waals surface area contributed by atoms with Gasteiger partial charge in [0.25, 0.3) is 5.91 Å². The topological polar surface area (TPSA) is 83.1 Å². The van der Waals surface area contributed by atoms with Crippen molar-refractivity contribution in [2.45, 2.75) is 0 Å². The molecule has 0 spiro atoms. The number of benzene rings is 3. The Kier molecular flexibility index (Phi) is 7.11. The summed E-state index contributed by atoms with van der Waals surface area (Å²) in [7, 11) is 4.36. The molecule has 7 nitrogen and oxygen atoms in total. The zero-order valence-electron chi connectivity index (χ0n) is 17.5. The fourth-order valence-corrected chi connectivity index (χ4v) is 2.99. The molecule has 1 N–H and O–H groups in total. The molecule has 0 heterocycles. The van der Waals surface area contributed by atoms with Crippen molar-refractivity contribution in [2.24, 2.45) is 0 Å². The maximum absolute atomic E-state index is 12.4. The number of methoxy groups -OCH3 is 3. The molecule has 0 aromatic heterocycles. The van der Waals surface area contributed by atoms with Crippen molar-refractivity contribution in [1.29, 1.82) is 0 Å². The Morgan fingerprint density at radius 3 is 1.90 bits per heavy atom. The summed E-state index contributed by atoms with van der Waals surface area (Å²) in [5.74, 6) is -0.145. The number of ether oxygens (including phenoxy) is 4. The third kappa shape index (κ3) is 5.33. The van der Waals surface area contributed by atoms with Crippen LogP contribution in [0.5, 0.6) is 17.2 Å². The molecular formula is C24H23NO6. The fourth-order valence-electron chi connectivity index (χ4n) is 2.99. The average molecular weight is 421 g/mol. The first-order chi connectivity index (χ1) is 15.0. The second-order valence-corrected chi connectivity index (χ2v) is 6.48. The van der Waals surface area contributed by atoms with Gasteiger partial charge in [0.15, 0.2) is 18.1 Å². The molecule has 3 aromatic carbocycles. The third-order valence-corrected chi connectivity index (χ3v) is 4.51. The zero-order chi connectivity index (χ0) is 22.2. The van der Waals surface area contributed by atoms with Crippen molar-refractivity contribution in [3.05, 3.63) is 72.3 Å². The molecule has 31 heavy (non-hydrogen) atoms. The van der Waals surface area contributed by atoms with Crippen LogP contribution in [0, 0.1) is 0 Å². The van der Waals surface area contributed by atoms with Crippen molar-refractivity contribution >= 4 is 17.6 Å². The molecule has 1 amide bonds. The number of hydrogen-bond donors (Lipinski definition) is 1. The highest BCUT2D eigenvalue weighted by Gasteiger charge is 2.18. The SMILES string of the molecule is COc1cc(C(=O)OCC(=O)Nc2ccc(-c3ccccc3)cc2)cc(OC)c1OC. The summed E-state index contributed by atoms with van der Waals surface area (Å²) < 4.78 is 20.8. The highest BCUT2D eigenvalue weighted by atomic mass is 16.5. The largest absolute Gasteiger partial charge is 0.493 e. The Labute approximate surface area is 180 Å². The molecule has 0 atom stereocenters. The van der Waals surface area contributed by atoms with E-state index in [0.717, 1.165) is 11.1 Å². The lowest BCUT2D eigenvalue weighted by Gasteiger charge is -2.13. The molecule has 0 radical (unpaired) electrons. The molecular weight excluding hydrogens is 398 g/mol. The third-order valence-electron chi connectivity index (χ3n) is 4.51. The first kappa shape index (κ1) is 21.7. The van der Waals surface area contributed by atoms with Crippen LogP contribution < -0.4 is 19.5 Å². The van der Waals surface area contributed by atoms with Crippen LogP contribution in [0.25, 0.3) is 11.1 Å². The van der Waals surface area contributed by atoms with Gasteiger partial charge < -0.3 is 24.3 Å². The van der Waals surface area contributed by atoms with Crippen molar-refractivity contribution in [2.75, 3.05) is 33.3 Å². The minimum atomic E-state index is -0.686. The van der Waals surface area contributed by atoms with Gasteiger partial charge in [0.05, 0.1) is 26.9 Å². The van der Waals surface area contributed by atoms with Gasteiger partial charge in [0.1, 0.15) is 0 Å². The smallest absolute Gasteiger partial charge is 0.338 e. The molecule has 0 aliphatic carbocycles. The van der Waals surface area contributed by atoms with Gasteiger partial charge in [-0.1, -0.05) is 42.5 Å². The van der Waals surface area contributed by atoms with Crippen molar-refractivity contribution in [1.82, 2.24) is 0 Å². The molecule has 0 aliphatic rings. The number of nitrogens with one attached hydrogen (secondary N) is 1. The van der Waals surface area contributed by atoms with Crippen molar-refractivity contribution in [3.63, 3.8) is 0 Å². The van der Waals surface area contributed by atoms with E-state index in [4.69, 9.17) is 18.9 Å². The molecule has 3 rings (SSSR count). The maximum Gasteiger partial charge on any atom is 0.338 e. The highest BCUT2D eigenvalue weighted by Crippen LogP contribution is 2.38. The summed E-state index contributed by atoms with van der Waals surface area (Å²) in [6.07, 6.45) is 0. The predicted octanol–water partition coefficient (Wildman–Crippen LogP) is 4.17. The molecule has 7 heteroatoms. The summed E-state index contributed by atoms with van der Waals surface area (Å²) in [6.45, 7) is -0.435. The van der Waals surface area contributed by atoms with E-state index >= 15 is 0 Å². The van der Waals surface area contributed by atoms with E-state index in [9.17, 15) is 9.59 Å². The van der Waals surface area contributed by atoms with Crippen LogP contribution in [0.15, 0.2) is 66.7 Å². The average Bonchev–Trinajstić information content (AvgIpc) is 2.82. The van der Waals surface area contributed by atoms with E-state index in [1.165, 1.54) is 33.5 Å². The van der Waals surface area contributed by atoms with Gasteiger partial charge in [0.2, 0.25) is 5.75 Å². The Bertz CT molecular complexity index is 1020. The van der Waals surface area contributed by atoms with Crippen LogP contribution in [0.2, 0.25) is 0 Å². The lowest BCUT2D eigenvalue weighted by molar-refractivity contribution is -0.119. The first-order valence-electron chi connectivity index (χ1n) is 9.48. The monoisotopic (exact) mass is 421 g/mol.